The number of carbonyl (C=O) groups excluding carboxylic acids is 1. The van der Waals surface area contributed by atoms with Crippen molar-refractivity contribution in [2.45, 2.75) is 31.3 Å². The molecule has 8 nitrogen and oxygen atoms in total. The van der Waals surface area contributed by atoms with Crippen LogP contribution in [0.5, 0.6) is 5.75 Å². The largest absolute Gasteiger partial charge is 0.497 e. The summed E-state index contributed by atoms with van der Waals surface area (Å²) < 4.78 is 7.13. The van der Waals surface area contributed by atoms with Crippen LogP contribution in [0, 0.1) is 11.3 Å². The number of nitriles is 1. The molecule has 0 radical (unpaired) electrons. The summed E-state index contributed by atoms with van der Waals surface area (Å²) >= 11 is 0. The summed E-state index contributed by atoms with van der Waals surface area (Å²) in [5.41, 5.74) is 7.56. The number of nitrogens with two attached hydrogens (primary N) is 1. The number of benzene rings is 3. The smallest absolute Gasteiger partial charge is 0.254 e. The number of primary amides is 1. The van der Waals surface area contributed by atoms with Gasteiger partial charge in [0, 0.05) is 31.5 Å². The fourth-order valence-corrected chi connectivity index (χ4v) is 5.07. The summed E-state index contributed by atoms with van der Waals surface area (Å²) in [6, 6.07) is 24.5. The van der Waals surface area contributed by atoms with Crippen LogP contribution in [-0.2, 0) is 12.1 Å². The van der Waals surface area contributed by atoms with E-state index < -0.39 is 11.4 Å². The third-order valence-corrected chi connectivity index (χ3v) is 7.22. The van der Waals surface area contributed by atoms with E-state index in [-0.39, 0.29) is 0 Å². The van der Waals surface area contributed by atoms with E-state index in [0.717, 1.165) is 49.3 Å². The Morgan fingerprint density at radius 3 is 2.54 bits per heavy atom. The molecule has 3 aromatic carbocycles. The molecule has 2 heterocycles. The summed E-state index contributed by atoms with van der Waals surface area (Å²) in [5, 5.41) is 19.9. The first kappa shape index (κ1) is 24.3. The molecule has 0 atom stereocenters. The van der Waals surface area contributed by atoms with Crippen LogP contribution in [0.2, 0.25) is 0 Å². The minimum Gasteiger partial charge on any atom is -0.497 e. The second kappa shape index (κ2) is 10.3. The van der Waals surface area contributed by atoms with E-state index in [2.05, 4.69) is 40.6 Å². The number of rotatable bonds is 8. The van der Waals surface area contributed by atoms with Crippen molar-refractivity contribution in [2.24, 2.45) is 5.73 Å². The summed E-state index contributed by atoms with van der Waals surface area (Å²) in [6.07, 6.45) is 3.49. The zero-order valence-corrected chi connectivity index (χ0v) is 20.9. The zero-order valence-electron chi connectivity index (χ0n) is 20.9. The number of anilines is 2. The molecule has 4 aromatic rings. The number of hydrogen-bond donors (Lipinski definition) is 2. The molecular formula is C29H30N6O2. The molecule has 37 heavy (non-hydrogen) atoms. The van der Waals surface area contributed by atoms with Gasteiger partial charge in [0.15, 0.2) is 5.82 Å². The summed E-state index contributed by atoms with van der Waals surface area (Å²) in [6.45, 7) is 2.46. The van der Waals surface area contributed by atoms with Crippen molar-refractivity contribution in [2.75, 3.05) is 25.5 Å². The summed E-state index contributed by atoms with van der Waals surface area (Å²) in [5.74, 6) is 0.708. The fraction of sp³-hybridized carbons (Fsp3) is 0.276. The number of para-hydroxylation sites is 1. The Hall–Kier alpha value is -4.35. The quantitative estimate of drug-likeness (QED) is 0.364. The van der Waals surface area contributed by atoms with Gasteiger partial charge >= 0.3 is 0 Å². The van der Waals surface area contributed by atoms with E-state index in [9.17, 15) is 10.1 Å². The Labute approximate surface area is 216 Å². The molecule has 1 saturated heterocycles. The van der Waals surface area contributed by atoms with Gasteiger partial charge in [-0.15, -0.1) is 0 Å². The van der Waals surface area contributed by atoms with E-state index >= 15 is 0 Å². The first-order valence-electron chi connectivity index (χ1n) is 12.4. The molecule has 5 rings (SSSR count). The second-order valence-corrected chi connectivity index (χ2v) is 9.57. The topological polar surface area (TPSA) is 109 Å². The van der Waals surface area contributed by atoms with Crippen LogP contribution >= 0.6 is 0 Å². The molecule has 8 heteroatoms. The molecule has 3 N–H and O–H groups in total. The van der Waals surface area contributed by atoms with Crippen molar-refractivity contribution in [3.63, 3.8) is 0 Å². The SMILES string of the molecule is COc1ccc2cc(CN3CCC(CC#N)(n4cc(C(N)=O)c(Nc5ccccc5)n4)CC3)ccc2c1. The minimum absolute atomic E-state index is 0.309. The van der Waals surface area contributed by atoms with Crippen molar-refractivity contribution in [1.82, 2.24) is 14.7 Å². The molecular weight excluding hydrogens is 464 g/mol. The van der Waals surface area contributed by atoms with E-state index in [0.29, 0.717) is 17.8 Å². The molecule has 0 spiro atoms. The number of fused-ring (bicyclic) bond motifs is 1. The number of nitrogens with zero attached hydrogens (tertiary/aromatic N) is 4. The highest BCUT2D eigenvalue weighted by Gasteiger charge is 2.38. The van der Waals surface area contributed by atoms with Crippen LogP contribution in [0.3, 0.4) is 0 Å². The number of hydrogen-bond acceptors (Lipinski definition) is 6. The molecule has 0 bridgehead atoms. The lowest BCUT2D eigenvalue weighted by atomic mass is 9.84. The predicted molar refractivity (Wildman–Crippen MR) is 144 cm³/mol. The Balaban J connectivity index is 1.33. The Morgan fingerprint density at radius 2 is 1.84 bits per heavy atom. The number of likely N-dealkylation sites (tertiary alicyclic amines) is 1. The van der Waals surface area contributed by atoms with Gasteiger partial charge in [0.25, 0.3) is 5.91 Å². The van der Waals surface area contributed by atoms with Crippen molar-refractivity contribution < 1.29 is 9.53 Å². The third-order valence-electron chi connectivity index (χ3n) is 7.22. The molecule has 0 saturated carbocycles. The minimum atomic E-state index is -0.553. The van der Waals surface area contributed by atoms with Crippen LogP contribution in [0.1, 0.15) is 35.2 Å². The lowest BCUT2D eigenvalue weighted by molar-refractivity contribution is 0.0967. The van der Waals surface area contributed by atoms with E-state index in [1.807, 2.05) is 42.5 Å². The van der Waals surface area contributed by atoms with Gasteiger partial charge in [-0.1, -0.05) is 36.4 Å². The molecule has 1 aromatic heterocycles. The van der Waals surface area contributed by atoms with Gasteiger partial charge in [-0.3, -0.25) is 14.4 Å². The standard InChI is InChI=1S/C29H30N6O2/c1-37-25-10-9-22-17-21(7-8-23(22)18-25)19-34-15-12-29(11-14-30,13-16-34)35-20-26(27(31)36)28(33-35)32-24-5-3-2-4-6-24/h2-10,17-18,20H,11-13,15-16,19H2,1H3,(H2,31,36)(H,32,33). The molecule has 1 aliphatic heterocycles. The predicted octanol–water partition coefficient (Wildman–Crippen LogP) is 4.79. The zero-order chi connectivity index (χ0) is 25.8. The van der Waals surface area contributed by atoms with Gasteiger partial charge in [0.2, 0.25) is 0 Å². The lowest BCUT2D eigenvalue weighted by Gasteiger charge is -2.40. The van der Waals surface area contributed by atoms with Gasteiger partial charge in [-0.25, -0.2) is 0 Å². The maximum atomic E-state index is 12.2. The maximum Gasteiger partial charge on any atom is 0.254 e. The summed E-state index contributed by atoms with van der Waals surface area (Å²) in [7, 11) is 1.68. The first-order valence-corrected chi connectivity index (χ1v) is 12.4. The number of aromatic nitrogens is 2. The number of nitrogens with one attached hydrogen (secondary N) is 1. The monoisotopic (exact) mass is 494 g/mol. The van der Waals surface area contributed by atoms with E-state index in [4.69, 9.17) is 15.6 Å². The van der Waals surface area contributed by atoms with Gasteiger partial charge in [0.1, 0.15) is 11.3 Å². The van der Waals surface area contributed by atoms with Crippen LogP contribution in [0.4, 0.5) is 11.5 Å². The normalized spacial score (nSPS) is 15.2. The van der Waals surface area contributed by atoms with Crippen molar-refractivity contribution >= 4 is 28.2 Å². The molecule has 188 valence electrons. The van der Waals surface area contributed by atoms with Gasteiger partial charge in [0.05, 0.1) is 25.1 Å². The number of amides is 1. The highest BCUT2D eigenvalue weighted by atomic mass is 16.5. The van der Waals surface area contributed by atoms with Crippen molar-refractivity contribution in [3.05, 3.63) is 84.1 Å². The molecule has 0 unspecified atom stereocenters. The van der Waals surface area contributed by atoms with Gasteiger partial charge in [-0.2, -0.15) is 10.4 Å². The number of piperidine rings is 1. The first-order chi connectivity index (χ1) is 18.0. The molecule has 1 fully saturated rings. The molecule has 1 amide bonds. The number of ether oxygens (including phenoxy) is 1. The van der Waals surface area contributed by atoms with Gasteiger partial charge < -0.3 is 15.8 Å². The maximum absolute atomic E-state index is 12.2. The third kappa shape index (κ3) is 5.13. The molecule has 0 aliphatic carbocycles. The van der Waals surface area contributed by atoms with Crippen molar-refractivity contribution in [1.29, 1.82) is 5.26 Å². The van der Waals surface area contributed by atoms with Crippen LogP contribution in [0.25, 0.3) is 10.8 Å². The second-order valence-electron chi connectivity index (χ2n) is 9.57. The van der Waals surface area contributed by atoms with E-state index in [1.54, 1.807) is 18.0 Å². The molecule has 1 aliphatic rings. The Bertz CT molecular complexity index is 1450. The van der Waals surface area contributed by atoms with E-state index in [1.165, 1.54) is 10.9 Å². The highest BCUT2D eigenvalue weighted by molar-refractivity contribution is 5.98. The highest BCUT2D eigenvalue weighted by Crippen LogP contribution is 2.35. The Morgan fingerprint density at radius 1 is 1.11 bits per heavy atom. The van der Waals surface area contributed by atoms with Crippen LogP contribution in [0.15, 0.2) is 72.9 Å². The fourth-order valence-electron chi connectivity index (χ4n) is 5.07. The Kier molecular flexibility index (Phi) is 6.80. The number of methoxy groups -OCH3 is 1. The average Bonchev–Trinajstić information content (AvgIpc) is 3.35. The van der Waals surface area contributed by atoms with Crippen molar-refractivity contribution in [3.8, 4) is 11.8 Å². The lowest BCUT2D eigenvalue weighted by Crippen LogP contribution is -2.46. The summed E-state index contributed by atoms with van der Waals surface area (Å²) in [4.78, 5) is 14.6. The average molecular weight is 495 g/mol. The van der Waals surface area contributed by atoms with Gasteiger partial charge in [-0.05, 0) is 59.5 Å². The van der Waals surface area contributed by atoms with Crippen LogP contribution in [-0.4, -0.2) is 40.8 Å². The number of carbonyl (C=O) groups is 1. The van der Waals surface area contributed by atoms with Crippen LogP contribution < -0.4 is 15.8 Å².